The number of aromatic nitrogens is 1. The van der Waals surface area contributed by atoms with Gasteiger partial charge in [-0.25, -0.2) is 5.43 Å². The second-order valence-electron chi connectivity index (χ2n) is 5.03. The van der Waals surface area contributed by atoms with Gasteiger partial charge in [0.05, 0.1) is 11.6 Å². The molecule has 0 saturated carbocycles. The molecule has 0 fully saturated rings. The van der Waals surface area contributed by atoms with Crippen molar-refractivity contribution in [2.45, 2.75) is 13.0 Å². The first kappa shape index (κ1) is 14.2. The van der Waals surface area contributed by atoms with Crippen molar-refractivity contribution in [1.82, 2.24) is 10.4 Å². The average molecular weight is 342 g/mol. The normalized spacial score (nSPS) is 12.5. The summed E-state index contributed by atoms with van der Waals surface area (Å²) in [4.78, 5) is 4.41. The lowest BCUT2D eigenvalue weighted by atomic mass is 9.95. The maximum absolute atomic E-state index is 5.83. The molecule has 0 aliphatic carbocycles. The summed E-state index contributed by atoms with van der Waals surface area (Å²) in [5.41, 5.74) is 7.34. The summed E-state index contributed by atoms with van der Waals surface area (Å²) in [6, 6.07) is 16.4. The number of nitrogens with one attached hydrogen (secondary N) is 1. The van der Waals surface area contributed by atoms with Gasteiger partial charge in [-0.3, -0.25) is 10.8 Å². The van der Waals surface area contributed by atoms with Crippen molar-refractivity contribution < 1.29 is 0 Å². The fourth-order valence-corrected chi connectivity index (χ4v) is 2.93. The zero-order chi connectivity index (χ0) is 14.8. The van der Waals surface area contributed by atoms with Gasteiger partial charge in [0.25, 0.3) is 0 Å². The maximum Gasteiger partial charge on any atom is 0.0717 e. The lowest BCUT2D eigenvalue weighted by molar-refractivity contribution is 0.640. The quantitative estimate of drug-likeness (QED) is 0.561. The van der Waals surface area contributed by atoms with Crippen molar-refractivity contribution in [3.05, 3.63) is 75.9 Å². The highest BCUT2D eigenvalue weighted by Gasteiger charge is 2.16. The van der Waals surface area contributed by atoms with E-state index in [0.717, 1.165) is 26.5 Å². The predicted octanol–water partition coefficient (Wildman–Crippen LogP) is 3.86. The Labute approximate surface area is 132 Å². The average Bonchev–Trinajstić information content (AvgIpc) is 2.52. The van der Waals surface area contributed by atoms with E-state index in [1.165, 1.54) is 5.56 Å². The Bertz CT molecular complexity index is 781. The third-order valence-electron chi connectivity index (χ3n) is 3.69. The van der Waals surface area contributed by atoms with E-state index >= 15 is 0 Å². The number of benzene rings is 2. The van der Waals surface area contributed by atoms with E-state index in [2.05, 4.69) is 63.6 Å². The second-order valence-corrected chi connectivity index (χ2v) is 5.88. The zero-order valence-electron chi connectivity index (χ0n) is 11.7. The van der Waals surface area contributed by atoms with Crippen LogP contribution in [0.15, 0.2) is 59.2 Å². The van der Waals surface area contributed by atoms with Crippen LogP contribution in [-0.4, -0.2) is 4.98 Å². The Morgan fingerprint density at radius 1 is 1.14 bits per heavy atom. The molecule has 0 aliphatic heterocycles. The Morgan fingerprint density at radius 3 is 2.76 bits per heavy atom. The van der Waals surface area contributed by atoms with Crippen molar-refractivity contribution >= 4 is 26.8 Å². The Balaban J connectivity index is 2.16. The molecular formula is C17H16BrN3. The van der Waals surface area contributed by atoms with Crippen molar-refractivity contribution in [2.75, 3.05) is 0 Å². The first-order valence-electron chi connectivity index (χ1n) is 6.76. The van der Waals surface area contributed by atoms with E-state index in [-0.39, 0.29) is 6.04 Å². The predicted molar refractivity (Wildman–Crippen MR) is 89.8 cm³/mol. The number of pyridine rings is 1. The van der Waals surface area contributed by atoms with E-state index in [9.17, 15) is 0 Å². The van der Waals surface area contributed by atoms with Crippen LogP contribution in [0.5, 0.6) is 0 Å². The summed E-state index contributed by atoms with van der Waals surface area (Å²) in [6.45, 7) is 2.07. The molecule has 3 aromatic rings. The summed E-state index contributed by atoms with van der Waals surface area (Å²) in [5, 5.41) is 1.11. The highest BCUT2D eigenvalue weighted by Crippen LogP contribution is 2.30. The first-order chi connectivity index (χ1) is 10.2. The van der Waals surface area contributed by atoms with Gasteiger partial charge in [-0.05, 0) is 41.8 Å². The smallest absolute Gasteiger partial charge is 0.0717 e. The summed E-state index contributed by atoms with van der Waals surface area (Å²) in [6.07, 6.45) is 1.81. The lowest BCUT2D eigenvalue weighted by Gasteiger charge is -2.19. The monoisotopic (exact) mass is 341 g/mol. The highest BCUT2D eigenvalue weighted by atomic mass is 79.9. The number of fused-ring (bicyclic) bond motifs is 1. The van der Waals surface area contributed by atoms with Crippen LogP contribution in [0.25, 0.3) is 10.9 Å². The fraction of sp³-hybridized carbons (Fsp3) is 0.118. The molecule has 0 aliphatic rings. The number of nitrogens with two attached hydrogens (primary N) is 1. The van der Waals surface area contributed by atoms with Crippen LogP contribution in [0.1, 0.15) is 22.7 Å². The second kappa shape index (κ2) is 5.93. The molecule has 0 saturated heterocycles. The van der Waals surface area contributed by atoms with Gasteiger partial charge >= 0.3 is 0 Å². The zero-order valence-corrected chi connectivity index (χ0v) is 13.3. The first-order valence-corrected chi connectivity index (χ1v) is 7.56. The van der Waals surface area contributed by atoms with E-state index in [1.54, 1.807) is 6.20 Å². The van der Waals surface area contributed by atoms with E-state index in [1.807, 2.05) is 18.2 Å². The molecule has 3 rings (SSSR count). The van der Waals surface area contributed by atoms with Crippen molar-refractivity contribution in [3.8, 4) is 0 Å². The van der Waals surface area contributed by atoms with Crippen LogP contribution in [0.2, 0.25) is 0 Å². The number of hydrogen-bond acceptors (Lipinski definition) is 3. The van der Waals surface area contributed by atoms with Gasteiger partial charge in [0, 0.05) is 16.1 Å². The number of hydrogen-bond donors (Lipinski definition) is 2. The van der Waals surface area contributed by atoms with Crippen LogP contribution < -0.4 is 11.3 Å². The van der Waals surface area contributed by atoms with Crippen LogP contribution in [0, 0.1) is 6.92 Å². The van der Waals surface area contributed by atoms with E-state index in [0.29, 0.717) is 0 Å². The van der Waals surface area contributed by atoms with E-state index < -0.39 is 0 Å². The molecule has 2 aromatic carbocycles. The third-order valence-corrected chi connectivity index (χ3v) is 4.54. The largest absolute Gasteiger partial charge is 0.271 e. The maximum atomic E-state index is 5.83. The minimum atomic E-state index is -0.0743. The van der Waals surface area contributed by atoms with Gasteiger partial charge in [-0.2, -0.15) is 0 Å². The number of halogens is 1. The molecule has 0 amide bonds. The summed E-state index contributed by atoms with van der Waals surface area (Å²) in [5.74, 6) is 5.83. The van der Waals surface area contributed by atoms with E-state index in [4.69, 9.17) is 5.84 Å². The van der Waals surface area contributed by atoms with Crippen LogP contribution in [-0.2, 0) is 0 Å². The number of aryl methyl sites for hydroxylation is 1. The number of rotatable bonds is 3. The van der Waals surface area contributed by atoms with Gasteiger partial charge in [-0.15, -0.1) is 0 Å². The van der Waals surface area contributed by atoms with Gasteiger partial charge < -0.3 is 0 Å². The highest BCUT2D eigenvalue weighted by molar-refractivity contribution is 9.10. The summed E-state index contributed by atoms with van der Waals surface area (Å²) in [7, 11) is 0. The molecule has 3 N–H and O–H groups in total. The Morgan fingerprint density at radius 2 is 2.00 bits per heavy atom. The molecule has 0 spiro atoms. The molecule has 3 nitrogen and oxygen atoms in total. The SMILES string of the molecule is Cc1ccc(C(NN)c2cccc3ncccc23)cc1Br. The molecule has 1 aromatic heterocycles. The Hall–Kier alpha value is -1.75. The molecule has 4 heteroatoms. The topological polar surface area (TPSA) is 50.9 Å². The molecular weight excluding hydrogens is 326 g/mol. The van der Waals surface area contributed by atoms with Crippen molar-refractivity contribution in [1.29, 1.82) is 0 Å². The van der Waals surface area contributed by atoms with Gasteiger partial charge in [-0.1, -0.05) is 46.3 Å². The summed E-state index contributed by atoms with van der Waals surface area (Å²) < 4.78 is 1.08. The third kappa shape index (κ3) is 2.70. The minimum Gasteiger partial charge on any atom is -0.271 e. The number of nitrogens with zero attached hydrogens (tertiary/aromatic N) is 1. The van der Waals surface area contributed by atoms with Crippen LogP contribution in [0.4, 0.5) is 0 Å². The standard InChI is InChI=1S/C17H16BrN3/c1-11-7-8-12(10-15(11)18)17(21-19)14-4-2-6-16-13(14)5-3-9-20-16/h2-10,17,21H,19H2,1H3. The molecule has 0 radical (unpaired) electrons. The summed E-state index contributed by atoms with van der Waals surface area (Å²) >= 11 is 3.58. The van der Waals surface area contributed by atoms with Gasteiger partial charge in [0.1, 0.15) is 0 Å². The van der Waals surface area contributed by atoms with Crippen molar-refractivity contribution in [3.63, 3.8) is 0 Å². The fourth-order valence-electron chi connectivity index (χ4n) is 2.53. The number of hydrazine groups is 1. The Kier molecular flexibility index (Phi) is 4.01. The molecule has 21 heavy (non-hydrogen) atoms. The van der Waals surface area contributed by atoms with Crippen molar-refractivity contribution in [2.24, 2.45) is 5.84 Å². The molecule has 1 atom stereocenters. The van der Waals surface area contributed by atoms with Crippen LogP contribution >= 0.6 is 15.9 Å². The molecule has 1 unspecified atom stereocenters. The minimum absolute atomic E-state index is 0.0743. The van der Waals surface area contributed by atoms with Gasteiger partial charge in [0.15, 0.2) is 0 Å². The molecule has 1 heterocycles. The van der Waals surface area contributed by atoms with Gasteiger partial charge in [0.2, 0.25) is 0 Å². The molecule has 106 valence electrons. The lowest BCUT2D eigenvalue weighted by Crippen LogP contribution is -2.29. The molecule has 0 bridgehead atoms. The van der Waals surface area contributed by atoms with Crippen LogP contribution in [0.3, 0.4) is 0 Å².